The van der Waals surface area contributed by atoms with Gasteiger partial charge in [0.05, 0.1) is 6.20 Å². The second kappa shape index (κ2) is 5.53. The fourth-order valence-corrected chi connectivity index (χ4v) is 3.15. The number of anilines is 1. The SMILES string of the molecule is Fc1ccc(F)c(C[C@@H]2CCCN2c2nccn3nnnc23)c1. The first-order chi connectivity index (χ1) is 11.2. The summed E-state index contributed by atoms with van der Waals surface area (Å²) in [5.41, 5.74) is 0.951. The van der Waals surface area contributed by atoms with E-state index in [1.54, 1.807) is 16.9 Å². The molecule has 1 atom stereocenters. The largest absolute Gasteiger partial charge is 0.350 e. The summed E-state index contributed by atoms with van der Waals surface area (Å²) in [6.45, 7) is 0.793. The molecule has 0 N–H and O–H groups in total. The van der Waals surface area contributed by atoms with Crippen LogP contribution in [0.15, 0.2) is 30.6 Å². The summed E-state index contributed by atoms with van der Waals surface area (Å²) in [7, 11) is 0. The molecule has 0 amide bonds. The molecule has 1 aliphatic rings. The minimum absolute atomic E-state index is 0.0432. The molecule has 0 radical (unpaired) electrons. The summed E-state index contributed by atoms with van der Waals surface area (Å²) < 4.78 is 28.9. The highest BCUT2D eigenvalue weighted by molar-refractivity contribution is 5.63. The van der Waals surface area contributed by atoms with Crippen molar-refractivity contribution >= 4 is 11.5 Å². The van der Waals surface area contributed by atoms with Gasteiger partial charge in [-0.3, -0.25) is 0 Å². The zero-order chi connectivity index (χ0) is 15.8. The third kappa shape index (κ3) is 2.49. The molecule has 3 aromatic rings. The zero-order valence-corrected chi connectivity index (χ0v) is 12.2. The molecule has 6 nitrogen and oxygen atoms in total. The summed E-state index contributed by atoms with van der Waals surface area (Å²) in [4.78, 5) is 6.47. The normalized spacial score (nSPS) is 18.0. The molecule has 0 saturated carbocycles. The Kier molecular flexibility index (Phi) is 3.36. The number of tetrazole rings is 1. The van der Waals surface area contributed by atoms with Crippen LogP contribution in [0.3, 0.4) is 0 Å². The molecule has 0 spiro atoms. The average Bonchev–Trinajstić information content (AvgIpc) is 3.19. The van der Waals surface area contributed by atoms with Crippen LogP contribution in [0.4, 0.5) is 14.6 Å². The molecule has 1 saturated heterocycles. The van der Waals surface area contributed by atoms with Crippen LogP contribution in [0.5, 0.6) is 0 Å². The number of hydrogen-bond acceptors (Lipinski definition) is 5. The number of nitrogens with zero attached hydrogens (tertiary/aromatic N) is 6. The molecular weight excluding hydrogens is 302 g/mol. The van der Waals surface area contributed by atoms with Crippen LogP contribution in [0.1, 0.15) is 18.4 Å². The Labute approximate surface area is 130 Å². The minimum atomic E-state index is -0.423. The summed E-state index contributed by atoms with van der Waals surface area (Å²) in [6, 6.07) is 3.61. The predicted molar refractivity (Wildman–Crippen MR) is 79.0 cm³/mol. The van der Waals surface area contributed by atoms with Crippen molar-refractivity contribution < 1.29 is 8.78 Å². The fourth-order valence-electron chi connectivity index (χ4n) is 3.15. The van der Waals surface area contributed by atoms with Crippen LogP contribution in [-0.4, -0.2) is 37.6 Å². The molecule has 8 heteroatoms. The Morgan fingerprint density at radius 1 is 1.26 bits per heavy atom. The van der Waals surface area contributed by atoms with E-state index < -0.39 is 5.82 Å². The van der Waals surface area contributed by atoms with Gasteiger partial charge in [0, 0.05) is 18.8 Å². The van der Waals surface area contributed by atoms with Gasteiger partial charge in [0.25, 0.3) is 0 Å². The van der Waals surface area contributed by atoms with Crippen molar-refractivity contribution in [1.29, 1.82) is 0 Å². The van der Waals surface area contributed by atoms with Crippen LogP contribution < -0.4 is 4.90 Å². The Morgan fingerprint density at radius 3 is 3.09 bits per heavy atom. The van der Waals surface area contributed by atoms with Crippen LogP contribution in [0.2, 0.25) is 0 Å². The maximum Gasteiger partial charge on any atom is 0.221 e. The van der Waals surface area contributed by atoms with Crippen LogP contribution >= 0.6 is 0 Å². The molecule has 0 unspecified atom stereocenters. The molecule has 0 bridgehead atoms. The number of halogens is 2. The average molecular weight is 316 g/mol. The van der Waals surface area contributed by atoms with Gasteiger partial charge in [-0.15, -0.1) is 5.10 Å². The van der Waals surface area contributed by atoms with Crippen molar-refractivity contribution in [3.05, 3.63) is 47.8 Å². The topological polar surface area (TPSA) is 59.2 Å². The van der Waals surface area contributed by atoms with E-state index in [0.29, 0.717) is 23.4 Å². The Morgan fingerprint density at radius 2 is 2.17 bits per heavy atom. The first-order valence-electron chi connectivity index (χ1n) is 7.45. The Balaban J connectivity index is 1.67. The van der Waals surface area contributed by atoms with Crippen LogP contribution in [0.25, 0.3) is 5.65 Å². The molecule has 4 rings (SSSR count). The van der Waals surface area contributed by atoms with E-state index in [1.807, 2.05) is 0 Å². The number of aromatic nitrogens is 5. The maximum atomic E-state index is 13.9. The molecule has 2 aromatic heterocycles. The maximum absolute atomic E-state index is 13.9. The van der Waals surface area contributed by atoms with E-state index >= 15 is 0 Å². The van der Waals surface area contributed by atoms with E-state index in [0.717, 1.165) is 25.5 Å². The zero-order valence-electron chi connectivity index (χ0n) is 12.2. The lowest BCUT2D eigenvalue weighted by Crippen LogP contribution is -2.32. The molecule has 1 aliphatic heterocycles. The van der Waals surface area contributed by atoms with Gasteiger partial charge in [0.2, 0.25) is 5.65 Å². The lowest BCUT2D eigenvalue weighted by Gasteiger charge is -2.25. The summed E-state index contributed by atoms with van der Waals surface area (Å²) in [5, 5.41) is 11.5. The predicted octanol–water partition coefficient (Wildman–Crippen LogP) is 2.01. The highest BCUT2D eigenvalue weighted by atomic mass is 19.1. The molecular formula is C15H14F2N6. The molecule has 118 valence electrons. The third-order valence-corrected chi connectivity index (χ3v) is 4.21. The molecule has 3 heterocycles. The quantitative estimate of drug-likeness (QED) is 0.740. The van der Waals surface area contributed by atoms with Crippen molar-refractivity contribution in [2.75, 3.05) is 11.4 Å². The van der Waals surface area contributed by atoms with Crippen molar-refractivity contribution in [3.8, 4) is 0 Å². The number of fused-ring (bicyclic) bond motifs is 1. The van der Waals surface area contributed by atoms with E-state index in [9.17, 15) is 8.78 Å². The Hall–Kier alpha value is -2.64. The smallest absolute Gasteiger partial charge is 0.221 e. The fraction of sp³-hybridized carbons (Fsp3) is 0.333. The van der Waals surface area contributed by atoms with Gasteiger partial charge in [-0.25, -0.2) is 13.8 Å². The molecule has 1 aromatic carbocycles. The van der Waals surface area contributed by atoms with Gasteiger partial charge in [0.15, 0.2) is 5.82 Å². The first kappa shape index (κ1) is 14.0. The Bertz CT molecular complexity index is 849. The summed E-state index contributed by atoms with van der Waals surface area (Å²) >= 11 is 0. The highest BCUT2D eigenvalue weighted by Crippen LogP contribution is 2.28. The van der Waals surface area contributed by atoms with Gasteiger partial charge in [-0.2, -0.15) is 4.52 Å². The van der Waals surface area contributed by atoms with Gasteiger partial charge >= 0.3 is 0 Å². The second-order valence-corrected chi connectivity index (χ2v) is 5.63. The van der Waals surface area contributed by atoms with Crippen molar-refractivity contribution in [3.63, 3.8) is 0 Å². The van der Waals surface area contributed by atoms with E-state index in [4.69, 9.17) is 0 Å². The van der Waals surface area contributed by atoms with Gasteiger partial charge in [-0.05, 0) is 53.5 Å². The van der Waals surface area contributed by atoms with E-state index in [2.05, 4.69) is 25.4 Å². The molecule has 23 heavy (non-hydrogen) atoms. The number of hydrogen-bond donors (Lipinski definition) is 0. The lowest BCUT2D eigenvalue weighted by atomic mass is 10.0. The minimum Gasteiger partial charge on any atom is -0.350 e. The van der Waals surface area contributed by atoms with E-state index in [-0.39, 0.29) is 11.9 Å². The second-order valence-electron chi connectivity index (χ2n) is 5.63. The standard InChI is InChI=1S/C15H14F2N6/c16-11-3-4-13(17)10(8-11)9-12-2-1-6-22(12)14-15-19-20-21-23(15)7-5-18-14/h3-5,7-8,12H,1-2,6,9H2/t12-/m0/s1. The van der Waals surface area contributed by atoms with Gasteiger partial charge < -0.3 is 4.90 Å². The monoisotopic (exact) mass is 316 g/mol. The molecule has 1 fully saturated rings. The van der Waals surface area contributed by atoms with Crippen LogP contribution in [0, 0.1) is 11.6 Å². The first-order valence-corrected chi connectivity index (χ1v) is 7.45. The van der Waals surface area contributed by atoms with Gasteiger partial charge in [0.1, 0.15) is 11.6 Å². The summed E-state index contributed by atoms with van der Waals surface area (Å²) in [6.07, 6.45) is 5.59. The highest BCUT2D eigenvalue weighted by Gasteiger charge is 2.29. The van der Waals surface area contributed by atoms with Crippen LogP contribution in [-0.2, 0) is 6.42 Å². The van der Waals surface area contributed by atoms with Crippen molar-refractivity contribution in [2.24, 2.45) is 0 Å². The number of rotatable bonds is 3. The van der Waals surface area contributed by atoms with Gasteiger partial charge in [-0.1, -0.05) is 0 Å². The lowest BCUT2D eigenvalue weighted by molar-refractivity contribution is 0.565. The third-order valence-electron chi connectivity index (χ3n) is 4.21. The van der Waals surface area contributed by atoms with E-state index in [1.165, 1.54) is 12.1 Å². The van der Waals surface area contributed by atoms with Crippen molar-refractivity contribution in [1.82, 2.24) is 25.0 Å². The molecule has 0 aliphatic carbocycles. The summed E-state index contributed by atoms with van der Waals surface area (Å²) in [5.74, 6) is -0.127. The number of benzene rings is 1. The van der Waals surface area contributed by atoms with Crippen molar-refractivity contribution in [2.45, 2.75) is 25.3 Å².